The minimum absolute atomic E-state index is 0.0322. The Labute approximate surface area is 175 Å². The highest BCUT2D eigenvalue weighted by Crippen LogP contribution is 2.45. The van der Waals surface area contributed by atoms with Crippen LogP contribution in [0.4, 0.5) is 5.69 Å². The average Bonchev–Trinajstić information content (AvgIpc) is 3.11. The highest BCUT2D eigenvalue weighted by molar-refractivity contribution is 9.10. The number of hydrogen-bond acceptors (Lipinski definition) is 5. The van der Waals surface area contributed by atoms with Crippen LogP contribution in [0.2, 0.25) is 0 Å². The molecule has 2 aromatic carbocycles. The normalized spacial score (nSPS) is 15.3. The lowest BCUT2D eigenvalue weighted by atomic mass is 9.83. The molecule has 0 fully saturated rings. The molecule has 1 amide bonds. The van der Waals surface area contributed by atoms with E-state index in [1.165, 1.54) is 6.92 Å². The molecule has 29 heavy (non-hydrogen) atoms. The maximum Gasteiger partial charge on any atom is 0.244 e. The van der Waals surface area contributed by atoms with Crippen molar-refractivity contribution in [3.63, 3.8) is 0 Å². The molecule has 1 aliphatic rings. The van der Waals surface area contributed by atoms with E-state index in [-0.39, 0.29) is 11.8 Å². The number of carbonyl (C=O) groups excluding carboxylic acids is 1. The molecule has 0 unspecified atom stereocenters. The highest BCUT2D eigenvalue weighted by atomic mass is 79.9. The van der Waals surface area contributed by atoms with Crippen molar-refractivity contribution in [1.29, 1.82) is 5.26 Å². The van der Waals surface area contributed by atoms with Crippen LogP contribution in [0.1, 0.15) is 24.0 Å². The fourth-order valence-electron chi connectivity index (χ4n) is 3.38. The summed E-state index contributed by atoms with van der Waals surface area (Å²) in [6.45, 7) is 1.45. The van der Waals surface area contributed by atoms with E-state index in [0.29, 0.717) is 17.1 Å². The van der Waals surface area contributed by atoms with Crippen molar-refractivity contribution in [2.24, 2.45) is 5.73 Å². The summed E-state index contributed by atoms with van der Waals surface area (Å²) < 4.78 is 6.57. The first-order valence-electron chi connectivity index (χ1n) is 8.77. The summed E-state index contributed by atoms with van der Waals surface area (Å²) in [6, 6.07) is 17.2. The van der Waals surface area contributed by atoms with Gasteiger partial charge in [0.1, 0.15) is 11.6 Å². The number of carbonyl (C=O) groups is 1. The fraction of sp³-hybridized carbons (Fsp3) is 0.0952. The Balaban J connectivity index is 1.85. The minimum Gasteiger partial charge on any atom is -0.420 e. The molecule has 0 spiro atoms. The second kappa shape index (κ2) is 7.45. The Bertz CT molecular complexity index is 1160. The summed E-state index contributed by atoms with van der Waals surface area (Å²) in [5.74, 6) is -0.229. The molecular weight excluding hydrogens is 434 g/mol. The summed E-state index contributed by atoms with van der Waals surface area (Å²) in [5.41, 5.74) is 10.2. The van der Waals surface area contributed by atoms with Crippen molar-refractivity contribution in [2.75, 3.05) is 5.32 Å². The number of amides is 1. The van der Waals surface area contributed by atoms with Gasteiger partial charge in [-0.3, -0.25) is 9.89 Å². The predicted octanol–water partition coefficient (Wildman–Crippen LogP) is 4.02. The second-order valence-electron chi connectivity index (χ2n) is 6.55. The van der Waals surface area contributed by atoms with E-state index in [0.717, 1.165) is 26.9 Å². The van der Waals surface area contributed by atoms with Crippen LogP contribution in [0.15, 0.2) is 64.5 Å². The van der Waals surface area contributed by atoms with Crippen molar-refractivity contribution in [2.45, 2.75) is 12.8 Å². The third-order valence-corrected chi connectivity index (χ3v) is 5.16. The fourth-order valence-corrected chi connectivity index (χ4v) is 3.64. The maximum absolute atomic E-state index is 11.3. The molecule has 1 aromatic heterocycles. The first-order chi connectivity index (χ1) is 14.0. The van der Waals surface area contributed by atoms with Crippen LogP contribution in [0, 0.1) is 11.3 Å². The van der Waals surface area contributed by atoms with Gasteiger partial charge in [-0.1, -0.05) is 40.2 Å². The van der Waals surface area contributed by atoms with E-state index in [1.807, 2.05) is 36.4 Å². The van der Waals surface area contributed by atoms with Gasteiger partial charge in [0.05, 0.1) is 17.2 Å². The van der Waals surface area contributed by atoms with Gasteiger partial charge < -0.3 is 15.8 Å². The third kappa shape index (κ3) is 3.48. The van der Waals surface area contributed by atoms with Crippen molar-refractivity contribution < 1.29 is 9.53 Å². The number of nitriles is 1. The summed E-state index contributed by atoms with van der Waals surface area (Å²) in [5, 5.41) is 19.8. The molecule has 3 aromatic rings. The Morgan fingerprint density at radius 2 is 1.93 bits per heavy atom. The Morgan fingerprint density at radius 1 is 1.24 bits per heavy atom. The smallest absolute Gasteiger partial charge is 0.244 e. The largest absolute Gasteiger partial charge is 0.420 e. The molecule has 2 heterocycles. The molecule has 1 atom stereocenters. The number of benzene rings is 2. The van der Waals surface area contributed by atoms with Gasteiger partial charge in [-0.25, -0.2) is 0 Å². The first kappa shape index (κ1) is 18.8. The van der Waals surface area contributed by atoms with Crippen molar-refractivity contribution in [3.05, 3.63) is 75.6 Å². The van der Waals surface area contributed by atoms with Gasteiger partial charge in [0, 0.05) is 22.6 Å². The van der Waals surface area contributed by atoms with Crippen LogP contribution in [0.3, 0.4) is 0 Å². The molecule has 0 bridgehead atoms. The Hall–Kier alpha value is -3.57. The molecule has 144 valence electrons. The second-order valence-corrected chi connectivity index (χ2v) is 7.47. The highest BCUT2D eigenvalue weighted by Gasteiger charge is 2.35. The standard InChI is InChI=1S/C21H16BrN5O2/c1-11(28)25-15-8-4-12(5-9-15)17-16(10-23)20(24)29-21-18(17)19(26-27-21)13-2-6-14(22)7-3-13/h2-9,17H,24H2,1H3,(H,25,28)(H,26,27)/t17-/m1/s1. The van der Waals surface area contributed by atoms with Gasteiger partial charge in [0.25, 0.3) is 0 Å². The summed E-state index contributed by atoms with van der Waals surface area (Å²) >= 11 is 3.44. The van der Waals surface area contributed by atoms with Crippen molar-refractivity contribution >= 4 is 27.5 Å². The lowest BCUT2D eigenvalue weighted by Crippen LogP contribution is -2.21. The number of H-pyrrole nitrogens is 1. The van der Waals surface area contributed by atoms with Crippen LogP contribution < -0.4 is 15.8 Å². The molecule has 7 nitrogen and oxygen atoms in total. The quantitative estimate of drug-likeness (QED) is 0.558. The van der Waals surface area contributed by atoms with Crippen molar-refractivity contribution in [3.8, 4) is 23.2 Å². The molecule has 4 rings (SSSR count). The number of aromatic amines is 1. The van der Waals surface area contributed by atoms with E-state index in [4.69, 9.17) is 10.5 Å². The zero-order valence-corrected chi connectivity index (χ0v) is 16.9. The SMILES string of the molecule is CC(=O)Nc1ccc([C@@H]2C(C#N)=C(N)Oc3n[nH]c(-c4ccc(Br)cc4)c32)cc1. The molecule has 0 saturated carbocycles. The van der Waals surface area contributed by atoms with Gasteiger partial charge in [-0.2, -0.15) is 5.26 Å². The number of nitrogens with two attached hydrogens (primary N) is 1. The van der Waals surface area contributed by atoms with E-state index in [9.17, 15) is 10.1 Å². The summed E-state index contributed by atoms with van der Waals surface area (Å²) in [7, 11) is 0. The summed E-state index contributed by atoms with van der Waals surface area (Å²) in [4.78, 5) is 11.3. The number of fused-ring (bicyclic) bond motifs is 1. The predicted molar refractivity (Wildman–Crippen MR) is 112 cm³/mol. The third-order valence-electron chi connectivity index (χ3n) is 4.64. The van der Waals surface area contributed by atoms with E-state index < -0.39 is 5.92 Å². The number of aromatic nitrogens is 2. The monoisotopic (exact) mass is 449 g/mol. The van der Waals surface area contributed by atoms with Crippen LogP contribution in [0.25, 0.3) is 11.3 Å². The molecular formula is C21H16BrN5O2. The molecule has 0 saturated heterocycles. The summed E-state index contributed by atoms with van der Waals surface area (Å²) in [6.07, 6.45) is 0. The molecule has 8 heteroatoms. The maximum atomic E-state index is 11.3. The van der Waals surface area contributed by atoms with Gasteiger partial charge >= 0.3 is 0 Å². The van der Waals surface area contributed by atoms with Gasteiger partial charge in [0.15, 0.2) is 0 Å². The lowest BCUT2D eigenvalue weighted by Gasteiger charge is -2.24. The zero-order chi connectivity index (χ0) is 20.5. The van der Waals surface area contributed by atoms with E-state index >= 15 is 0 Å². The first-order valence-corrected chi connectivity index (χ1v) is 9.56. The van der Waals surface area contributed by atoms with Crippen LogP contribution in [0.5, 0.6) is 5.88 Å². The molecule has 4 N–H and O–H groups in total. The van der Waals surface area contributed by atoms with Crippen LogP contribution in [-0.4, -0.2) is 16.1 Å². The number of halogens is 1. The minimum atomic E-state index is -0.451. The number of allylic oxidation sites excluding steroid dienone is 1. The zero-order valence-electron chi connectivity index (χ0n) is 15.4. The Morgan fingerprint density at radius 3 is 2.55 bits per heavy atom. The van der Waals surface area contributed by atoms with Gasteiger partial charge in [-0.05, 0) is 29.8 Å². The molecule has 0 radical (unpaired) electrons. The lowest BCUT2D eigenvalue weighted by molar-refractivity contribution is -0.114. The van der Waals surface area contributed by atoms with Crippen molar-refractivity contribution in [1.82, 2.24) is 10.2 Å². The topological polar surface area (TPSA) is 117 Å². The number of nitrogens with zero attached hydrogens (tertiary/aromatic N) is 2. The average molecular weight is 450 g/mol. The van der Waals surface area contributed by atoms with Crippen LogP contribution >= 0.6 is 15.9 Å². The molecule has 1 aliphatic heterocycles. The number of hydrogen-bond donors (Lipinski definition) is 3. The van der Waals surface area contributed by atoms with E-state index in [1.54, 1.807) is 12.1 Å². The van der Waals surface area contributed by atoms with Gasteiger partial charge in [-0.15, -0.1) is 5.10 Å². The molecule has 0 aliphatic carbocycles. The number of ether oxygens (including phenoxy) is 1. The number of rotatable bonds is 3. The van der Waals surface area contributed by atoms with Crippen LogP contribution in [-0.2, 0) is 4.79 Å². The Kier molecular flexibility index (Phi) is 4.82. The van der Waals surface area contributed by atoms with Gasteiger partial charge in [0.2, 0.25) is 17.7 Å². The number of anilines is 1. The van der Waals surface area contributed by atoms with E-state index in [2.05, 4.69) is 37.5 Å². The number of nitrogens with one attached hydrogen (secondary N) is 2.